The molecule has 0 aliphatic heterocycles. The first kappa shape index (κ1) is 26.4. The lowest BCUT2D eigenvalue weighted by atomic mass is 9.78. The summed E-state index contributed by atoms with van der Waals surface area (Å²) in [7, 11) is 0. The Morgan fingerprint density at radius 2 is 1.64 bits per heavy atom. The van der Waals surface area contributed by atoms with Gasteiger partial charge in [0.2, 0.25) is 0 Å². The first-order valence-electron chi connectivity index (χ1n) is 11.2. The van der Waals surface area contributed by atoms with Crippen molar-refractivity contribution in [1.82, 2.24) is 0 Å². The normalized spacial score (nSPS) is 15.3. The Balaban J connectivity index is 0.000000520. The Kier molecular flexibility index (Phi) is 12.1. The summed E-state index contributed by atoms with van der Waals surface area (Å²) in [5, 5.41) is 0. The van der Waals surface area contributed by atoms with Crippen molar-refractivity contribution in [1.29, 1.82) is 0 Å². The lowest BCUT2D eigenvalue weighted by molar-refractivity contribution is -0.113. The van der Waals surface area contributed by atoms with E-state index in [1.165, 1.54) is 24.8 Å². The molecule has 1 saturated carbocycles. The molecule has 0 heterocycles. The molecular formula is C26H45NO. The first-order valence-corrected chi connectivity index (χ1v) is 11.2. The number of rotatable bonds is 6. The molecule has 1 aliphatic rings. The molecule has 2 heteroatoms. The average Bonchev–Trinajstić information content (AvgIpc) is 3.51. The molecular weight excluding hydrogens is 342 g/mol. The van der Waals surface area contributed by atoms with E-state index in [0.29, 0.717) is 5.92 Å². The molecule has 2 rings (SSSR count). The molecule has 0 aromatic heterocycles. The standard InChI is InChI=1S/C16H26.C8H13NO.C2H6/c1-6-10-13(7-2)14-11-8-9-12-15(14)16(3,4)5;1-5(6(2)10)8(9)7-3-4-7;1-2/h8-9,11-13H,6-7,10H2,1-5H3;7H,3-4,9H2,1-2H3;1-2H3/b;8-5+;/t13-;;/m0../s1. The maximum atomic E-state index is 10.8. The summed E-state index contributed by atoms with van der Waals surface area (Å²) >= 11 is 0. The zero-order valence-corrected chi connectivity index (χ0v) is 20.0. The maximum Gasteiger partial charge on any atom is 0.157 e. The molecule has 0 unspecified atom stereocenters. The number of hydrogen-bond acceptors (Lipinski definition) is 2. The predicted octanol–water partition coefficient (Wildman–Crippen LogP) is 7.52. The number of carbonyl (C=O) groups is 1. The van der Waals surface area contributed by atoms with Crippen LogP contribution in [-0.4, -0.2) is 5.78 Å². The molecule has 0 radical (unpaired) electrons. The van der Waals surface area contributed by atoms with E-state index in [4.69, 9.17) is 5.73 Å². The summed E-state index contributed by atoms with van der Waals surface area (Å²) in [6, 6.07) is 8.98. The molecule has 28 heavy (non-hydrogen) atoms. The summed E-state index contributed by atoms with van der Waals surface area (Å²) in [5.41, 5.74) is 10.6. The third kappa shape index (κ3) is 8.63. The van der Waals surface area contributed by atoms with Gasteiger partial charge in [-0.3, -0.25) is 4.79 Å². The zero-order valence-electron chi connectivity index (χ0n) is 20.0. The van der Waals surface area contributed by atoms with Crippen molar-refractivity contribution in [3.8, 4) is 0 Å². The van der Waals surface area contributed by atoms with Gasteiger partial charge in [0.05, 0.1) is 0 Å². The number of nitrogens with two attached hydrogens (primary N) is 1. The number of carbonyl (C=O) groups excluding carboxylic acids is 1. The van der Waals surface area contributed by atoms with Crippen molar-refractivity contribution in [3.05, 3.63) is 46.7 Å². The van der Waals surface area contributed by atoms with Crippen LogP contribution in [0, 0.1) is 5.92 Å². The molecule has 1 aromatic carbocycles. The van der Waals surface area contributed by atoms with Crippen molar-refractivity contribution >= 4 is 5.78 Å². The summed E-state index contributed by atoms with van der Waals surface area (Å²) in [5.74, 6) is 1.36. The minimum atomic E-state index is 0.101. The van der Waals surface area contributed by atoms with Crippen molar-refractivity contribution in [2.24, 2.45) is 11.7 Å². The minimum absolute atomic E-state index is 0.101. The smallest absolute Gasteiger partial charge is 0.157 e. The van der Waals surface area contributed by atoms with Crippen LogP contribution in [0.15, 0.2) is 35.5 Å². The van der Waals surface area contributed by atoms with Crippen LogP contribution in [0.2, 0.25) is 0 Å². The second kappa shape index (κ2) is 12.8. The van der Waals surface area contributed by atoms with Gasteiger partial charge in [-0.25, -0.2) is 0 Å². The molecule has 1 atom stereocenters. The van der Waals surface area contributed by atoms with E-state index in [1.807, 2.05) is 13.8 Å². The summed E-state index contributed by atoms with van der Waals surface area (Å²) in [6.07, 6.45) is 6.16. The number of ketones is 1. The molecule has 2 nitrogen and oxygen atoms in total. The van der Waals surface area contributed by atoms with Crippen molar-refractivity contribution in [3.63, 3.8) is 0 Å². The van der Waals surface area contributed by atoms with Gasteiger partial charge in [-0.15, -0.1) is 0 Å². The van der Waals surface area contributed by atoms with Crippen molar-refractivity contribution < 1.29 is 4.79 Å². The Morgan fingerprint density at radius 3 is 2.04 bits per heavy atom. The SMILES string of the molecule is CC.CC(=O)/C(C)=C(/N)C1CC1.CCC[C@H](CC)c1ccccc1C(C)(C)C. The molecule has 1 aromatic rings. The van der Waals surface area contributed by atoms with E-state index in [9.17, 15) is 4.79 Å². The molecule has 0 saturated heterocycles. The van der Waals surface area contributed by atoms with Crippen LogP contribution in [0.4, 0.5) is 0 Å². The van der Waals surface area contributed by atoms with Crippen LogP contribution < -0.4 is 5.73 Å². The van der Waals surface area contributed by atoms with Gasteiger partial charge in [0.25, 0.3) is 0 Å². The van der Waals surface area contributed by atoms with Gasteiger partial charge in [0, 0.05) is 11.3 Å². The zero-order chi connectivity index (χ0) is 21.9. The predicted molar refractivity (Wildman–Crippen MR) is 125 cm³/mol. The molecule has 0 spiro atoms. The number of Topliss-reactive ketones (excluding diaryl/α,β-unsaturated/α-hetero) is 1. The van der Waals surface area contributed by atoms with Crippen LogP contribution in [-0.2, 0) is 10.2 Å². The van der Waals surface area contributed by atoms with Gasteiger partial charge >= 0.3 is 0 Å². The molecule has 0 amide bonds. The highest BCUT2D eigenvalue weighted by Crippen LogP contribution is 2.35. The van der Waals surface area contributed by atoms with Gasteiger partial charge in [-0.2, -0.15) is 0 Å². The second-order valence-corrected chi connectivity index (χ2v) is 8.64. The van der Waals surface area contributed by atoms with Gasteiger partial charge < -0.3 is 5.73 Å². The maximum absolute atomic E-state index is 10.8. The van der Waals surface area contributed by atoms with Gasteiger partial charge in [0.1, 0.15) is 0 Å². The highest BCUT2D eigenvalue weighted by atomic mass is 16.1. The van der Waals surface area contributed by atoms with Crippen molar-refractivity contribution in [2.45, 2.75) is 106 Å². The summed E-state index contributed by atoms with van der Waals surface area (Å²) in [4.78, 5) is 10.8. The van der Waals surface area contributed by atoms with E-state index >= 15 is 0 Å². The highest BCUT2D eigenvalue weighted by molar-refractivity contribution is 5.93. The highest BCUT2D eigenvalue weighted by Gasteiger charge is 2.26. The molecule has 2 N–H and O–H groups in total. The van der Waals surface area contributed by atoms with E-state index in [2.05, 4.69) is 58.9 Å². The third-order valence-electron chi connectivity index (χ3n) is 5.32. The fourth-order valence-corrected chi connectivity index (χ4v) is 3.37. The number of benzene rings is 1. The van der Waals surface area contributed by atoms with E-state index in [1.54, 1.807) is 19.4 Å². The van der Waals surface area contributed by atoms with E-state index in [-0.39, 0.29) is 11.2 Å². The van der Waals surface area contributed by atoms with Crippen LogP contribution >= 0.6 is 0 Å². The fraction of sp³-hybridized carbons (Fsp3) is 0.654. The quantitative estimate of drug-likeness (QED) is 0.513. The Labute approximate surface area is 175 Å². The third-order valence-corrected chi connectivity index (χ3v) is 5.32. The van der Waals surface area contributed by atoms with Crippen LogP contribution in [0.5, 0.6) is 0 Å². The van der Waals surface area contributed by atoms with E-state index < -0.39 is 0 Å². The van der Waals surface area contributed by atoms with Crippen LogP contribution in [0.25, 0.3) is 0 Å². The van der Waals surface area contributed by atoms with E-state index in [0.717, 1.165) is 30.0 Å². The topological polar surface area (TPSA) is 43.1 Å². The fourth-order valence-electron chi connectivity index (χ4n) is 3.37. The first-order chi connectivity index (χ1) is 13.1. The molecule has 0 bridgehead atoms. The summed E-state index contributed by atoms with van der Waals surface area (Å²) in [6.45, 7) is 18.9. The second-order valence-electron chi connectivity index (χ2n) is 8.64. The average molecular weight is 388 g/mol. The van der Waals surface area contributed by atoms with Crippen LogP contribution in [0.1, 0.15) is 111 Å². The van der Waals surface area contributed by atoms with Gasteiger partial charge in [0.15, 0.2) is 5.78 Å². The minimum Gasteiger partial charge on any atom is -0.401 e. The Hall–Kier alpha value is -1.57. The van der Waals surface area contributed by atoms with Crippen molar-refractivity contribution in [2.75, 3.05) is 0 Å². The molecule has 1 aliphatic carbocycles. The number of allylic oxidation sites excluding steroid dienone is 2. The lowest BCUT2D eigenvalue weighted by Crippen LogP contribution is -2.16. The largest absolute Gasteiger partial charge is 0.401 e. The molecule has 1 fully saturated rings. The van der Waals surface area contributed by atoms with Crippen LogP contribution in [0.3, 0.4) is 0 Å². The number of hydrogen-bond donors (Lipinski definition) is 1. The Bertz CT molecular complexity index is 618. The monoisotopic (exact) mass is 387 g/mol. The van der Waals surface area contributed by atoms with Gasteiger partial charge in [-0.05, 0) is 67.9 Å². The lowest BCUT2D eigenvalue weighted by Gasteiger charge is -2.27. The Morgan fingerprint density at radius 1 is 1.11 bits per heavy atom. The van der Waals surface area contributed by atoms with Gasteiger partial charge in [-0.1, -0.05) is 79.2 Å². The summed E-state index contributed by atoms with van der Waals surface area (Å²) < 4.78 is 0. The molecule has 160 valence electrons.